The number of carbonyl (C=O) groups is 5. The van der Waals surface area contributed by atoms with E-state index in [1.54, 1.807) is 62.3 Å². The second kappa shape index (κ2) is 20.7. The molecule has 0 saturated carbocycles. The molecule has 0 spiro atoms. The van der Waals surface area contributed by atoms with E-state index in [0.717, 1.165) is 23.8 Å². The molecule has 56 heavy (non-hydrogen) atoms. The molecular weight excluding hydrogens is 726 g/mol. The lowest BCUT2D eigenvalue weighted by molar-refractivity contribution is -0.166. The maximum absolute atomic E-state index is 14.5. The van der Waals surface area contributed by atoms with Gasteiger partial charge in [-0.15, -0.1) is 0 Å². The van der Waals surface area contributed by atoms with Crippen molar-refractivity contribution in [3.8, 4) is 0 Å². The zero-order valence-electron chi connectivity index (χ0n) is 34.9. The van der Waals surface area contributed by atoms with Crippen molar-refractivity contribution < 1.29 is 51.7 Å². The fraction of sp³-hybridized carbons (Fsp3) is 0.605. The molecule has 0 saturated heterocycles. The van der Waals surface area contributed by atoms with Crippen LogP contribution in [0.5, 0.6) is 0 Å². The summed E-state index contributed by atoms with van der Waals surface area (Å²) in [5.41, 5.74) is -2.33. The predicted octanol–water partition coefficient (Wildman–Crippen LogP) is 8.58. The van der Waals surface area contributed by atoms with Gasteiger partial charge in [-0.1, -0.05) is 44.2 Å². The van der Waals surface area contributed by atoms with Crippen LogP contribution < -0.4 is 10.6 Å². The van der Waals surface area contributed by atoms with Crippen molar-refractivity contribution in [2.45, 2.75) is 151 Å². The lowest BCUT2D eigenvalue weighted by Gasteiger charge is -2.31. The van der Waals surface area contributed by atoms with E-state index in [1.165, 1.54) is 0 Å². The molecular formula is C43H62F2N2O9. The zero-order valence-corrected chi connectivity index (χ0v) is 34.9. The Balaban J connectivity index is 2.21. The molecule has 2 N–H and O–H groups in total. The van der Waals surface area contributed by atoms with Gasteiger partial charge in [0, 0.05) is 25.3 Å². The quantitative estimate of drug-likeness (QED) is 0.106. The Bertz CT molecular complexity index is 1630. The topological polar surface area (TPSA) is 146 Å². The first-order valence-electron chi connectivity index (χ1n) is 19.0. The van der Waals surface area contributed by atoms with E-state index >= 15 is 0 Å². The number of amides is 2. The summed E-state index contributed by atoms with van der Waals surface area (Å²) in [6.07, 6.45) is -2.69. The third-order valence-electron chi connectivity index (χ3n) is 8.44. The van der Waals surface area contributed by atoms with E-state index < -0.39 is 75.8 Å². The summed E-state index contributed by atoms with van der Waals surface area (Å²) in [7, 11) is 0. The summed E-state index contributed by atoms with van der Waals surface area (Å²) in [4.78, 5) is 66.1. The van der Waals surface area contributed by atoms with E-state index in [1.807, 2.05) is 44.2 Å². The lowest BCUT2D eigenvalue weighted by Crippen LogP contribution is -2.53. The van der Waals surface area contributed by atoms with Gasteiger partial charge in [0.1, 0.15) is 28.6 Å². The molecule has 0 aliphatic carbocycles. The maximum Gasteiger partial charge on any atom is 0.408 e. The van der Waals surface area contributed by atoms with Crippen molar-refractivity contribution >= 4 is 29.7 Å². The highest BCUT2D eigenvalue weighted by Crippen LogP contribution is 2.30. The van der Waals surface area contributed by atoms with Crippen molar-refractivity contribution in [1.82, 2.24) is 10.6 Å². The lowest BCUT2D eigenvalue weighted by atomic mass is 9.80. The maximum atomic E-state index is 14.5. The highest BCUT2D eigenvalue weighted by Gasteiger charge is 2.38. The Labute approximate surface area is 330 Å². The molecule has 312 valence electrons. The molecule has 1 unspecified atom stereocenters. The second-order valence-corrected chi connectivity index (χ2v) is 18.0. The normalized spacial score (nSPS) is 13.9. The zero-order chi connectivity index (χ0) is 42.5. The van der Waals surface area contributed by atoms with Gasteiger partial charge in [0.05, 0.1) is 24.7 Å². The van der Waals surface area contributed by atoms with Crippen LogP contribution in [-0.4, -0.2) is 65.7 Å². The third-order valence-corrected chi connectivity index (χ3v) is 8.44. The van der Waals surface area contributed by atoms with Crippen LogP contribution >= 0.6 is 0 Å². The molecule has 0 radical (unpaired) electrons. The number of esters is 1. The molecule has 0 aliphatic rings. The second-order valence-electron chi connectivity index (χ2n) is 18.0. The highest BCUT2D eigenvalue weighted by atomic mass is 19.1. The molecule has 0 aromatic heterocycles. The number of ketones is 2. The average Bonchev–Trinajstić information content (AvgIpc) is 3.04. The van der Waals surface area contributed by atoms with Gasteiger partial charge >= 0.3 is 18.2 Å². The summed E-state index contributed by atoms with van der Waals surface area (Å²) in [5.74, 6) is -2.66. The van der Waals surface area contributed by atoms with Crippen LogP contribution in [-0.2, 0) is 46.4 Å². The molecule has 0 fully saturated rings. The van der Waals surface area contributed by atoms with Gasteiger partial charge in [0.2, 0.25) is 0 Å². The number of nitrogens with one attached hydrogen (secondary N) is 2. The molecule has 0 heterocycles. The van der Waals surface area contributed by atoms with Crippen LogP contribution in [0.2, 0.25) is 0 Å². The van der Waals surface area contributed by atoms with Gasteiger partial charge < -0.3 is 29.6 Å². The Hall–Kier alpha value is -4.39. The van der Waals surface area contributed by atoms with E-state index in [2.05, 4.69) is 10.6 Å². The van der Waals surface area contributed by atoms with E-state index in [4.69, 9.17) is 18.9 Å². The third kappa shape index (κ3) is 19.0. The van der Waals surface area contributed by atoms with Crippen LogP contribution in [0, 0.1) is 22.5 Å². The van der Waals surface area contributed by atoms with Gasteiger partial charge in [-0.05, 0) is 116 Å². The Kier molecular flexibility index (Phi) is 17.6. The van der Waals surface area contributed by atoms with Crippen LogP contribution in [0.1, 0.15) is 119 Å². The number of Topliss-reactive ketones (excluding diaryl/α,β-unsaturated/α-hetero) is 2. The van der Waals surface area contributed by atoms with E-state index in [9.17, 15) is 32.8 Å². The highest BCUT2D eigenvalue weighted by molar-refractivity contribution is 5.88. The number of hydrogen-bond donors (Lipinski definition) is 2. The monoisotopic (exact) mass is 788 g/mol. The summed E-state index contributed by atoms with van der Waals surface area (Å²) in [6, 6.07) is 10.4. The van der Waals surface area contributed by atoms with Crippen molar-refractivity contribution in [1.29, 1.82) is 0 Å². The van der Waals surface area contributed by atoms with Crippen molar-refractivity contribution in [3.05, 3.63) is 71.3 Å². The van der Waals surface area contributed by atoms with E-state index in [-0.39, 0.29) is 50.2 Å². The summed E-state index contributed by atoms with van der Waals surface area (Å²) in [6.45, 7) is 18.9. The van der Waals surface area contributed by atoms with Gasteiger partial charge in [-0.3, -0.25) is 14.4 Å². The predicted molar refractivity (Wildman–Crippen MR) is 209 cm³/mol. The van der Waals surface area contributed by atoms with Crippen LogP contribution in [0.15, 0.2) is 48.5 Å². The van der Waals surface area contributed by atoms with Crippen molar-refractivity contribution in [3.63, 3.8) is 0 Å². The Morgan fingerprint density at radius 1 is 0.732 bits per heavy atom. The fourth-order valence-corrected chi connectivity index (χ4v) is 5.40. The van der Waals surface area contributed by atoms with Crippen LogP contribution in [0.3, 0.4) is 0 Å². The largest absolute Gasteiger partial charge is 0.452 e. The number of ether oxygens (including phenoxy) is 4. The molecule has 2 aromatic rings. The van der Waals surface area contributed by atoms with Crippen molar-refractivity contribution in [2.24, 2.45) is 10.8 Å². The summed E-state index contributed by atoms with van der Waals surface area (Å²) < 4.78 is 51.0. The molecule has 3 atom stereocenters. The number of hydrogen-bond acceptors (Lipinski definition) is 9. The molecule has 13 heteroatoms. The molecule has 0 bridgehead atoms. The van der Waals surface area contributed by atoms with Crippen LogP contribution in [0.25, 0.3) is 0 Å². The summed E-state index contributed by atoms with van der Waals surface area (Å²) in [5, 5.41) is 5.32. The minimum absolute atomic E-state index is 0.00402. The minimum Gasteiger partial charge on any atom is -0.452 e. The van der Waals surface area contributed by atoms with Gasteiger partial charge in [-0.2, -0.15) is 0 Å². The molecule has 2 aromatic carbocycles. The van der Waals surface area contributed by atoms with Crippen molar-refractivity contribution in [2.75, 3.05) is 6.61 Å². The number of halogens is 2. The van der Waals surface area contributed by atoms with E-state index in [0.29, 0.717) is 12.8 Å². The number of alkyl carbamates (subject to hydrolysis) is 2. The molecule has 11 nitrogen and oxygen atoms in total. The number of benzene rings is 2. The minimum atomic E-state index is -1.41. The Morgan fingerprint density at radius 3 is 1.88 bits per heavy atom. The first-order chi connectivity index (χ1) is 25.7. The smallest absolute Gasteiger partial charge is 0.408 e. The fourth-order valence-electron chi connectivity index (χ4n) is 5.40. The number of carbonyl (C=O) groups excluding carboxylic acids is 5. The van der Waals surface area contributed by atoms with Crippen LogP contribution in [0.4, 0.5) is 18.4 Å². The Morgan fingerprint density at radius 2 is 1.30 bits per heavy atom. The van der Waals surface area contributed by atoms with Gasteiger partial charge in [0.25, 0.3) is 0 Å². The average molecular weight is 789 g/mol. The summed E-state index contributed by atoms with van der Waals surface area (Å²) >= 11 is 0. The standard InChI is InChI=1S/C43H62F2N2O9/c1-40(2,3)37(50)54-36(34(47-39(52)56-42(7,8)9)27-53-26-28-15-13-12-14-16-28)35(49)20-22-43(10,11)21-19-32(48)25-31(46-38(51)55-41(4,5)6)24-29-23-30(44)17-18-33(29)45/h12-18,23,31,34,36H,19-22,24-27H2,1-11H3,(H,46,51)(H,47,52)/t31?,34-,36+/m1/s1. The molecule has 0 aliphatic heterocycles. The SMILES string of the molecule is CC(C)(CCC(=O)CC(Cc1cc(F)ccc1F)NC(=O)OC(C)(C)C)CCC(=O)[C@@H](OC(=O)C(C)(C)C)[C@@H](COCc1ccccc1)NC(=O)OC(C)(C)C. The molecule has 2 rings (SSSR count). The number of rotatable bonds is 19. The first kappa shape index (κ1) is 47.8. The first-order valence-corrected chi connectivity index (χ1v) is 19.0. The van der Waals surface area contributed by atoms with Gasteiger partial charge in [0.15, 0.2) is 11.9 Å². The van der Waals surface area contributed by atoms with Gasteiger partial charge in [-0.25, -0.2) is 18.4 Å². The molecule has 2 amide bonds.